The first kappa shape index (κ1) is 35.2. The molecule has 12 nitrogen and oxygen atoms in total. The van der Waals surface area contributed by atoms with Crippen molar-refractivity contribution in [3.8, 4) is 0 Å². The van der Waals surface area contributed by atoms with Crippen molar-refractivity contribution < 1.29 is 27.2 Å². The third-order valence-corrected chi connectivity index (χ3v) is 10.1. The van der Waals surface area contributed by atoms with E-state index in [1.807, 2.05) is 30.3 Å². The standard InChI is InChI=1S/C35H40FN7O5S/c1-23(33(44)38-20-25-8-9-25)37-22-30(16-24-6-4-3-5-7-24)41-35(46)27-17-26(34(45)39-21-29-14-15-40-42-29)18-31(19-27)43(2)49(47,48)32-12-10-28(36)11-13-32/h3-7,10-15,17-19,23,25,30,37H,8-9,16,20-22H2,1-2H3,(H,38,44)(H,39,45)(H,40,42)(H,41,46)/t23-,30-/m0/s1. The van der Waals surface area contributed by atoms with Crippen LogP contribution in [0.15, 0.2) is 90.0 Å². The first-order chi connectivity index (χ1) is 23.5. The number of nitrogens with zero attached hydrogens (tertiary/aromatic N) is 2. The van der Waals surface area contributed by atoms with Crippen molar-refractivity contribution in [1.29, 1.82) is 0 Å². The molecule has 1 aromatic heterocycles. The number of benzene rings is 3. The molecule has 258 valence electrons. The lowest BCUT2D eigenvalue weighted by atomic mass is 10.0. The van der Waals surface area contributed by atoms with E-state index in [0.29, 0.717) is 24.6 Å². The Kier molecular flexibility index (Phi) is 11.4. The van der Waals surface area contributed by atoms with Crippen LogP contribution in [0.2, 0.25) is 0 Å². The minimum absolute atomic E-state index is 0.0388. The van der Waals surface area contributed by atoms with Gasteiger partial charge in [-0.15, -0.1) is 0 Å². The number of H-pyrrole nitrogens is 1. The fraction of sp³-hybridized carbons (Fsp3) is 0.314. The van der Waals surface area contributed by atoms with Gasteiger partial charge in [-0.2, -0.15) is 5.10 Å². The molecule has 0 bridgehead atoms. The van der Waals surface area contributed by atoms with E-state index in [-0.39, 0.29) is 40.7 Å². The fourth-order valence-electron chi connectivity index (χ4n) is 5.09. The van der Waals surface area contributed by atoms with E-state index in [1.54, 1.807) is 19.2 Å². The number of aromatic amines is 1. The van der Waals surface area contributed by atoms with Crippen LogP contribution in [-0.2, 0) is 27.8 Å². The molecule has 3 aromatic carbocycles. The Labute approximate surface area is 284 Å². The average Bonchev–Trinajstić information content (AvgIpc) is 3.79. The summed E-state index contributed by atoms with van der Waals surface area (Å²) in [7, 11) is -2.91. The van der Waals surface area contributed by atoms with E-state index in [0.717, 1.165) is 47.0 Å². The Balaban J connectivity index is 1.40. The second-order valence-corrected chi connectivity index (χ2v) is 14.1. The highest BCUT2D eigenvalue weighted by molar-refractivity contribution is 7.92. The summed E-state index contributed by atoms with van der Waals surface area (Å²) in [4.78, 5) is 39.7. The maximum absolute atomic E-state index is 13.9. The summed E-state index contributed by atoms with van der Waals surface area (Å²) in [5, 5.41) is 18.6. The van der Waals surface area contributed by atoms with Crippen LogP contribution < -0.4 is 25.6 Å². The number of anilines is 1. The molecule has 1 heterocycles. The molecule has 49 heavy (non-hydrogen) atoms. The number of amides is 3. The van der Waals surface area contributed by atoms with E-state index in [2.05, 4.69) is 31.5 Å². The number of nitrogens with one attached hydrogen (secondary N) is 5. The smallest absolute Gasteiger partial charge is 0.264 e. The van der Waals surface area contributed by atoms with Gasteiger partial charge < -0.3 is 21.3 Å². The lowest BCUT2D eigenvalue weighted by Gasteiger charge is -2.24. The minimum atomic E-state index is -4.20. The van der Waals surface area contributed by atoms with Gasteiger partial charge in [0.15, 0.2) is 0 Å². The molecule has 1 aliphatic carbocycles. The number of hydrogen-bond acceptors (Lipinski definition) is 7. The molecule has 14 heteroatoms. The summed E-state index contributed by atoms with van der Waals surface area (Å²) in [5.41, 5.74) is 1.65. The largest absolute Gasteiger partial charge is 0.354 e. The van der Waals surface area contributed by atoms with Gasteiger partial charge in [0.05, 0.1) is 28.9 Å². The SMILES string of the molecule is C[C@H](NC[C@H](Cc1ccccc1)NC(=O)c1cc(C(=O)NCc2cc[nH]n2)cc(N(C)S(=O)(=O)c2ccc(F)cc2)c1)C(=O)NCC1CC1. The number of hydrogen-bond donors (Lipinski definition) is 5. The van der Waals surface area contributed by atoms with Crippen LogP contribution in [0, 0.1) is 11.7 Å². The molecule has 1 saturated carbocycles. The Bertz CT molecular complexity index is 1850. The van der Waals surface area contributed by atoms with Gasteiger partial charge in [-0.25, -0.2) is 12.8 Å². The van der Waals surface area contributed by atoms with E-state index < -0.39 is 39.7 Å². The first-order valence-corrected chi connectivity index (χ1v) is 17.5. The van der Waals surface area contributed by atoms with Crippen molar-refractivity contribution in [2.24, 2.45) is 5.92 Å². The third-order valence-electron chi connectivity index (χ3n) is 8.25. The molecule has 3 amide bonds. The van der Waals surface area contributed by atoms with Gasteiger partial charge in [0.1, 0.15) is 5.82 Å². The predicted molar refractivity (Wildman–Crippen MR) is 183 cm³/mol. The molecule has 0 saturated heterocycles. The molecule has 0 spiro atoms. The van der Waals surface area contributed by atoms with Gasteiger partial charge in [0, 0.05) is 43.5 Å². The fourth-order valence-corrected chi connectivity index (χ4v) is 6.27. The lowest BCUT2D eigenvalue weighted by Crippen LogP contribution is -2.49. The first-order valence-electron chi connectivity index (χ1n) is 16.0. The van der Waals surface area contributed by atoms with Gasteiger partial charge in [0.25, 0.3) is 21.8 Å². The van der Waals surface area contributed by atoms with Crippen LogP contribution in [0.5, 0.6) is 0 Å². The third kappa shape index (κ3) is 9.74. The Hall–Kier alpha value is -5.08. The van der Waals surface area contributed by atoms with Crippen LogP contribution in [0.3, 0.4) is 0 Å². The lowest BCUT2D eigenvalue weighted by molar-refractivity contribution is -0.122. The molecule has 5 N–H and O–H groups in total. The van der Waals surface area contributed by atoms with E-state index >= 15 is 0 Å². The number of halogens is 1. The highest BCUT2D eigenvalue weighted by Gasteiger charge is 2.26. The van der Waals surface area contributed by atoms with Crippen molar-refractivity contribution >= 4 is 33.4 Å². The molecule has 4 aromatic rings. The molecule has 0 radical (unpaired) electrons. The van der Waals surface area contributed by atoms with Gasteiger partial charge in [-0.05, 0) is 86.2 Å². The summed E-state index contributed by atoms with van der Waals surface area (Å²) < 4.78 is 41.5. The van der Waals surface area contributed by atoms with Crippen molar-refractivity contribution in [2.75, 3.05) is 24.4 Å². The number of carbonyl (C=O) groups excluding carboxylic acids is 3. The predicted octanol–water partition coefficient (Wildman–Crippen LogP) is 3.15. The van der Waals surface area contributed by atoms with Crippen molar-refractivity contribution in [3.05, 3.63) is 113 Å². The van der Waals surface area contributed by atoms with Gasteiger partial charge >= 0.3 is 0 Å². The summed E-state index contributed by atoms with van der Waals surface area (Å²) in [6.45, 7) is 2.76. The monoisotopic (exact) mass is 689 g/mol. The van der Waals surface area contributed by atoms with Crippen LogP contribution in [0.25, 0.3) is 0 Å². The highest BCUT2D eigenvalue weighted by Crippen LogP contribution is 2.27. The summed E-state index contributed by atoms with van der Waals surface area (Å²) >= 11 is 0. The molecule has 0 aliphatic heterocycles. The maximum Gasteiger partial charge on any atom is 0.264 e. The molecule has 1 fully saturated rings. The van der Waals surface area contributed by atoms with Crippen molar-refractivity contribution in [1.82, 2.24) is 31.5 Å². The molecule has 5 rings (SSSR count). The van der Waals surface area contributed by atoms with Crippen molar-refractivity contribution in [3.63, 3.8) is 0 Å². The number of sulfonamides is 1. The maximum atomic E-state index is 13.9. The molecular weight excluding hydrogens is 649 g/mol. The van der Waals surface area contributed by atoms with E-state index in [9.17, 15) is 27.2 Å². The van der Waals surface area contributed by atoms with Crippen LogP contribution in [0.4, 0.5) is 10.1 Å². The Morgan fingerprint density at radius 3 is 2.31 bits per heavy atom. The Morgan fingerprint density at radius 2 is 1.65 bits per heavy atom. The Morgan fingerprint density at radius 1 is 0.959 bits per heavy atom. The van der Waals surface area contributed by atoms with Crippen molar-refractivity contribution in [2.45, 2.75) is 49.7 Å². The zero-order valence-corrected chi connectivity index (χ0v) is 28.1. The van der Waals surface area contributed by atoms with Crippen LogP contribution >= 0.6 is 0 Å². The number of rotatable bonds is 16. The molecule has 1 aliphatic rings. The zero-order chi connectivity index (χ0) is 35.0. The van der Waals surface area contributed by atoms with E-state index in [1.165, 1.54) is 25.2 Å². The minimum Gasteiger partial charge on any atom is -0.354 e. The van der Waals surface area contributed by atoms with Gasteiger partial charge in [-0.3, -0.25) is 23.8 Å². The normalized spacial score (nSPS) is 14.0. The topological polar surface area (TPSA) is 165 Å². The van der Waals surface area contributed by atoms with Crippen LogP contribution in [0.1, 0.15) is 51.7 Å². The van der Waals surface area contributed by atoms with Gasteiger partial charge in [-0.1, -0.05) is 30.3 Å². The summed E-state index contributed by atoms with van der Waals surface area (Å²) in [6, 6.07) is 18.7. The summed E-state index contributed by atoms with van der Waals surface area (Å²) in [5.74, 6) is -1.28. The number of aromatic nitrogens is 2. The number of carbonyl (C=O) groups is 3. The second kappa shape index (κ2) is 15.9. The van der Waals surface area contributed by atoms with Crippen LogP contribution in [-0.4, -0.2) is 68.6 Å². The second-order valence-electron chi connectivity index (χ2n) is 12.1. The van der Waals surface area contributed by atoms with E-state index in [4.69, 9.17) is 0 Å². The average molecular weight is 690 g/mol. The molecule has 2 atom stereocenters. The summed E-state index contributed by atoms with van der Waals surface area (Å²) in [6.07, 6.45) is 4.29. The van der Waals surface area contributed by atoms with Gasteiger partial charge in [0.2, 0.25) is 5.91 Å². The zero-order valence-electron chi connectivity index (χ0n) is 27.3. The quantitative estimate of drug-likeness (QED) is 0.121. The highest BCUT2D eigenvalue weighted by atomic mass is 32.2. The molecular formula is C35H40FN7O5S. The molecule has 0 unspecified atom stereocenters.